The van der Waals surface area contributed by atoms with Crippen molar-refractivity contribution in [1.82, 2.24) is 14.8 Å². The zero-order valence-corrected chi connectivity index (χ0v) is 16.8. The summed E-state index contributed by atoms with van der Waals surface area (Å²) in [5.41, 5.74) is 2.14. The summed E-state index contributed by atoms with van der Waals surface area (Å²) in [4.78, 5) is 34.8. The second-order valence-electron chi connectivity index (χ2n) is 6.75. The monoisotopic (exact) mass is 400 g/mol. The molecule has 2 heterocycles. The molecule has 0 atom stereocenters. The van der Waals surface area contributed by atoms with Gasteiger partial charge < -0.3 is 14.7 Å². The number of rotatable bonds is 5. The molecule has 148 valence electrons. The molecule has 0 radical (unpaired) electrons. The second kappa shape index (κ2) is 9.55. The minimum absolute atomic E-state index is 0.415. The van der Waals surface area contributed by atoms with Crippen molar-refractivity contribution in [3.8, 4) is 0 Å². The van der Waals surface area contributed by atoms with Gasteiger partial charge in [0.05, 0.1) is 0 Å². The van der Waals surface area contributed by atoms with E-state index in [1.54, 1.807) is 22.2 Å². The Morgan fingerprint density at radius 2 is 1.82 bits per heavy atom. The van der Waals surface area contributed by atoms with Gasteiger partial charge in [-0.15, -0.1) is 0 Å². The van der Waals surface area contributed by atoms with Crippen LogP contribution in [0.1, 0.15) is 12.5 Å². The van der Waals surface area contributed by atoms with Gasteiger partial charge in [0.25, 0.3) is 0 Å². The third kappa shape index (κ3) is 5.01. The van der Waals surface area contributed by atoms with Crippen molar-refractivity contribution < 1.29 is 9.59 Å². The van der Waals surface area contributed by atoms with E-state index in [1.165, 1.54) is 0 Å². The van der Waals surface area contributed by atoms with E-state index in [0.717, 1.165) is 11.3 Å². The molecule has 28 heavy (non-hydrogen) atoms. The Balaban J connectivity index is 1.53. The van der Waals surface area contributed by atoms with Crippen molar-refractivity contribution in [2.75, 3.05) is 44.2 Å². The van der Waals surface area contributed by atoms with Gasteiger partial charge in [0, 0.05) is 62.4 Å². The maximum atomic E-state index is 12.7. The van der Waals surface area contributed by atoms with Gasteiger partial charge in [-0.25, -0.2) is 0 Å². The summed E-state index contributed by atoms with van der Waals surface area (Å²) >= 11 is 6.06. The van der Waals surface area contributed by atoms with E-state index in [-0.39, 0.29) is 0 Å². The minimum Gasteiger partial charge on any atom is -0.368 e. The molecule has 0 N–H and O–H groups in total. The largest absolute Gasteiger partial charge is 0.368 e. The van der Waals surface area contributed by atoms with Crippen molar-refractivity contribution in [2.24, 2.45) is 0 Å². The fourth-order valence-corrected chi connectivity index (χ4v) is 3.51. The highest BCUT2D eigenvalue weighted by atomic mass is 35.5. The summed E-state index contributed by atoms with van der Waals surface area (Å²) in [5, 5.41) is 0.693. The Labute approximate surface area is 170 Å². The first kappa shape index (κ1) is 20.1. The van der Waals surface area contributed by atoms with Crippen LogP contribution in [0, 0.1) is 0 Å². The molecular formula is C21H25ClN4O2. The molecule has 7 heteroatoms. The van der Waals surface area contributed by atoms with Gasteiger partial charge >= 0.3 is 11.8 Å². The number of amides is 2. The van der Waals surface area contributed by atoms with Crippen molar-refractivity contribution in [3.05, 3.63) is 59.4 Å². The molecule has 1 saturated heterocycles. The topological polar surface area (TPSA) is 56.8 Å². The number of carbonyl (C=O) groups is 2. The molecule has 1 fully saturated rings. The first-order valence-electron chi connectivity index (χ1n) is 9.56. The zero-order chi connectivity index (χ0) is 19.9. The number of piperazine rings is 1. The van der Waals surface area contributed by atoms with Crippen LogP contribution in [-0.2, 0) is 16.0 Å². The fraction of sp³-hybridized carbons (Fsp3) is 0.381. The van der Waals surface area contributed by atoms with Gasteiger partial charge in [0.1, 0.15) is 0 Å². The van der Waals surface area contributed by atoms with Gasteiger partial charge in [0.2, 0.25) is 0 Å². The number of hydrogen-bond acceptors (Lipinski definition) is 4. The third-order valence-corrected chi connectivity index (χ3v) is 5.25. The Kier molecular flexibility index (Phi) is 6.87. The molecule has 2 amide bonds. The molecule has 0 spiro atoms. The van der Waals surface area contributed by atoms with Gasteiger partial charge in [-0.3, -0.25) is 14.6 Å². The maximum Gasteiger partial charge on any atom is 0.312 e. The van der Waals surface area contributed by atoms with E-state index in [9.17, 15) is 9.59 Å². The highest BCUT2D eigenvalue weighted by Gasteiger charge is 2.29. The van der Waals surface area contributed by atoms with Crippen LogP contribution in [0.2, 0.25) is 5.02 Å². The van der Waals surface area contributed by atoms with Crippen LogP contribution in [0.15, 0.2) is 48.8 Å². The van der Waals surface area contributed by atoms with Crippen LogP contribution in [0.4, 0.5) is 5.69 Å². The second-order valence-corrected chi connectivity index (χ2v) is 7.19. The SMILES string of the molecule is CCN(CCc1ccncc1)C(=O)C(=O)N1CCN(c2cccc(Cl)c2)CC1. The lowest BCUT2D eigenvalue weighted by molar-refractivity contribution is -0.151. The van der Waals surface area contributed by atoms with Crippen molar-refractivity contribution >= 4 is 29.1 Å². The standard InChI is InChI=1S/C21H25ClN4O2/c1-2-24(11-8-17-6-9-23-10-7-17)20(27)21(28)26-14-12-25(13-15-26)19-5-3-4-18(22)16-19/h3-7,9-10,16H,2,8,11-15H2,1H3. The third-order valence-electron chi connectivity index (χ3n) is 5.01. The number of anilines is 1. The summed E-state index contributed by atoms with van der Waals surface area (Å²) < 4.78 is 0. The normalized spacial score (nSPS) is 14.1. The number of hydrogen-bond donors (Lipinski definition) is 0. The number of nitrogens with zero attached hydrogens (tertiary/aromatic N) is 4. The average molecular weight is 401 g/mol. The zero-order valence-electron chi connectivity index (χ0n) is 16.1. The number of halogens is 1. The van der Waals surface area contributed by atoms with Gasteiger partial charge in [-0.1, -0.05) is 17.7 Å². The van der Waals surface area contributed by atoms with Crippen LogP contribution in [0.25, 0.3) is 0 Å². The Morgan fingerprint density at radius 3 is 2.46 bits per heavy atom. The minimum atomic E-state index is -0.423. The van der Waals surface area contributed by atoms with E-state index in [4.69, 9.17) is 11.6 Å². The summed E-state index contributed by atoms with van der Waals surface area (Å²) in [6.07, 6.45) is 4.17. The highest BCUT2D eigenvalue weighted by Crippen LogP contribution is 2.20. The Bertz CT molecular complexity index is 807. The Morgan fingerprint density at radius 1 is 1.11 bits per heavy atom. The van der Waals surface area contributed by atoms with Crippen LogP contribution in [-0.4, -0.2) is 65.9 Å². The van der Waals surface area contributed by atoms with Crippen molar-refractivity contribution in [3.63, 3.8) is 0 Å². The first-order chi connectivity index (χ1) is 13.6. The number of likely N-dealkylation sites (N-methyl/N-ethyl adjacent to an activating group) is 1. The van der Waals surface area contributed by atoms with E-state index < -0.39 is 11.8 Å². The van der Waals surface area contributed by atoms with E-state index in [2.05, 4.69) is 9.88 Å². The lowest BCUT2D eigenvalue weighted by atomic mass is 10.2. The molecule has 3 rings (SSSR count). The molecule has 0 bridgehead atoms. The number of carbonyl (C=O) groups excluding carboxylic acids is 2. The lowest BCUT2D eigenvalue weighted by Crippen LogP contribution is -2.53. The summed E-state index contributed by atoms with van der Waals surface area (Å²) in [6, 6.07) is 11.5. The average Bonchev–Trinajstić information content (AvgIpc) is 2.74. The van der Waals surface area contributed by atoms with Gasteiger partial charge in [-0.2, -0.15) is 0 Å². The smallest absolute Gasteiger partial charge is 0.312 e. The Hall–Kier alpha value is -2.60. The quantitative estimate of drug-likeness (QED) is 0.723. The summed E-state index contributed by atoms with van der Waals surface area (Å²) in [7, 11) is 0. The van der Waals surface area contributed by atoms with Crippen LogP contribution in [0.3, 0.4) is 0 Å². The number of aromatic nitrogens is 1. The van der Waals surface area contributed by atoms with Gasteiger partial charge in [0.15, 0.2) is 0 Å². The predicted octanol–water partition coefficient (Wildman–Crippen LogP) is 2.47. The van der Waals surface area contributed by atoms with Crippen LogP contribution < -0.4 is 4.90 Å². The lowest BCUT2D eigenvalue weighted by Gasteiger charge is -2.36. The predicted molar refractivity (Wildman–Crippen MR) is 110 cm³/mol. The fourth-order valence-electron chi connectivity index (χ4n) is 3.33. The number of pyridine rings is 1. The van der Waals surface area contributed by atoms with Gasteiger partial charge in [-0.05, 0) is 49.2 Å². The number of benzene rings is 1. The van der Waals surface area contributed by atoms with Crippen molar-refractivity contribution in [2.45, 2.75) is 13.3 Å². The molecular weight excluding hydrogens is 376 g/mol. The van der Waals surface area contributed by atoms with Crippen molar-refractivity contribution in [1.29, 1.82) is 0 Å². The summed E-state index contributed by atoms with van der Waals surface area (Å²) in [5.74, 6) is -0.838. The molecule has 1 aliphatic rings. The highest BCUT2D eigenvalue weighted by molar-refractivity contribution is 6.35. The molecule has 6 nitrogen and oxygen atoms in total. The molecule has 1 aliphatic heterocycles. The molecule has 0 saturated carbocycles. The maximum absolute atomic E-state index is 12.7. The molecule has 0 aliphatic carbocycles. The van der Waals surface area contributed by atoms with E-state index in [0.29, 0.717) is 50.7 Å². The molecule has 0 unspecified atom stereocenters. The van der Waals surface area contributed by atoms with Crippen LogP contribution in [0.5, 0.6) is 0 Å². The molecule has 2 aromatic rings. The van der Waals surface area contributed by atoms with E-state index >= 15 is 0 Å². The van der Waals surface area contributed by atoms with E-state index in [1.807, 2.05) is 43.3 Å². The van der Waals surface area contributed by atoms with Crippen LogP contribution >= 0.6 is 11.6 Å². The molecule has 1 aromatic carbocycles. The summed E-state index contributed by atoms with van der Waals surface area (Å²) in [6.45, 7) is 5.35. The first-order valence-corrected chi connectivity index (χ1v) is 9.94. The molecule has 1 aromatic heterocycles.